The summed E-state index contributed by atoms with van der Waals surface area (Å²) in [6.45, 7) is 5.59. The van der Waals surface area contributed by atoms with Crippen molar-refractivity contribution in [2.75, 3.05) is 26.3 Å². The number of fused-ring (bicyclic) bond motifs is 1. The number of nitrogens with two attached hydrogens (primary N) is 5. The quantitative estimate of drug-likeness (QED) is 0.0142. The lowest BCUT2D eigenvalue weighted by molar-refractivity contribution is -0.144. The maximum Gasteiger partial charge on any atom is 0.326 e. The second-order valence-corrected chi connectivity index (χ2v) is 25.0. The average Bonchev–Trinajstić information content (AvgIpc) is 1.72. The Morgan fingerprint density at radius 3 is 1.72 bits per heavy atom. The number of rotatable bonds is 43. The number of para-hydroxylation sites is 1. The molecule has 13 amide bonds. The maximum absolute atomic E-state index is 14.6. The molecular formula is C62H94N20O19. The molecule has 2 aromatic heterocycles. The number of nitrogens with one attached hydrogen (secondary N) is 12. The zero-order valence-corrected chi connectivity index (χ0v) is 56.6. The lowest BCUT2D eigenvalue weighted by atomic mass is 10.0. The highest BCUT2D eigenvalue weighted by Crippen LogP contribution is 2.23. The van der Waals surface area contributed by atoms with Crippen molar-refractivity contribution in [3.63, 3.8) is 0 Å². The minimum absolute atomic E-state index is 0.0346. The van der Waals surface area contributed by atoms with Crippen molar-refractivity contribution in [3.8, 4) is 0 Å². The Morgan fingerprint density at radius 2 is 1.16 bits per heavy atom. The van der Waals surface area contributed by atoms with Crippen molar-refractivity contribution < 1.29 is 92.3 Å². The number of carboxylic acid groups (broad SMARTS) is 2. The molecule has 26 N–H and O–H groups in total. The van der Waals surface area contributed by atoms with Crippen molar-refractivity contribution in [2.24, 2.45) is 45.5 Å². The summed E-state index contributed by atoms with van der Waals surface area (Å²) in [7, 11) is 0. The summed E-state index contributed by atoms with van der Waals surface area (Å²) in [5, 5.41) is 63.6. The fourth-order valence-electron chi connectivity index (χ4n) is 10.7. The van der Waals surface area contributed by atoms with E-state index in [9.17, 15) is 92.3 Å². The van der Waals surface area contributed by atoms with Crippen LogP contribution in [-0.4, -0.2) is 234 Å². The number of guanidine groups is 1. The van der Waals surface area contributed by atoms with Crippen molar-refractivity contribution in [3.05, 3.63) is 54.2 Å². The van der Waals surface area contributed by atoms with E-state index in [1.165, 1.54) is 31.3 Å². The number of carbonyl (C=O) groups excluding carboxylic acids is 13. The molecule has 12 atom stereocenters. The van der Waals surface area contributed by atoms with E-state index in [4.69, 9.17) is 28.7 Å². The number of carboxylic acids is 2. The molecule has 101 heavy (non-hydrogen) atoms. The van der Waals surface area contributed by atoms with E-state index in [-0.39, 0.29) is 63.5 Å². The molecule has 1 saturated heterocycles. The topological polar surface area (TPSA) is 647 Å². The van der Waals surface area contributed by atoms with Crippen molar-refractivity contribution >= 4 is 106 Å². The van der Waals surface area contributed by atoms with Gasteiger partial charge in [0.25, 0.3) is 0 Å². The number of aliphatic hydroxyl groups excluding tert-OH is 2. The predicted molar refractivity (Wildman–Crippen MR) is 357 cm³/mol. The van der Waals surface area contributed by atoms with Gasteiger partial charge in [-0.2, -0.15) is 0 Å². The SMILES string of the molecule is CC(C)C[C@H](NC(=O)[C@H](CCC(=O)O)NC(=O)[C@H](CCCN=C(N)N)NC(=O)[C@H](CCC(N)=O)NC(=O)[C@H](C)NC(=O)[C@H](CC(N)=O)NC(=O)[C@H](Cc1c[nH]c2ccccc12)NC(=O)[C@@H]1CCCN1C(=O)[C@H](Cc1cnc[nH]1)NC(=O)[C@@H](N)CO)C(=O)N[C@@H](CO)C(=O)N[C@H](C(=O)O)C(C)C. The Bertz CT molecular complexity index is 3450. The number of hydrogen-bond acceptors (Lipinski definition) is 20. The van der Waals surface area contributed by atoms with Gasteiger partial charge in [-0.15, -0.1) is 0 Å². The maximum atomic E-state index is 14.6. The van der Waals surface area contributed by atoms with Gasteiger partial charge in [-0.1, -0.05) is 45.9 Å². The van der Waals surface area contributed by atoms with E-state index >= 15 is 0 Å². The van der Waals surface area contributed by atoms with E-state index < -0.39 is 212 Å². The molecule has 556 valence electrons. The Labute approximate surface area is 579 Å². The third-order valence-corrected chi connectivity index (χ3v) is 16.0. The first-order valence-electron chi connectivity index (χ1n) is 32.5. The number of imidazole rings is 1. The molecule has 0 aliphatic carbocycles. The van der Waals surface area contributed by atoms with Gasteiger partial charge in [0.05, 0.1) is 26.0 Å². The van der Waals surface area contributed by atoms with Crippen LogP contribution in [0.2, 0.25) is 0 Å². The number of likely N-dealkylation sites (tertiary alicyclic amines) is 1. The average molecular weight is 1420 g/mol. The molecular weight excluding hydrogens is 1330 g/mol. The molecule has 0 radical (unpaired) electrons. The molecule has 39 heteroatoms. The van der Waals surface area contributed by atoms with Crippen LogP contribution in [-0.2, 0) is 84.8 Å². The number of benzene rings is 1. The van der Waals surface area contributed by atoms with Crippen LogP contribution in [0.15, 0.2) is 48.0 Å². The predicted octanol–water partition coefficient (Wildman–Crippen LogP) is -7.31. The first kappa shape index (κ1) is 82.6. The van der Waals surface area contributed by atoms with Crippen LogP contribution in [0.5, 0.6) is 0 Å². The van der Waals surface area contributed by atoms with Gasteiger partial charge in [-0.05, 0) is 75.3 Å². The standard InChI is InChI=1S/C62H94N20O19/c1-29(2)20-40(56(95)80-44(27-84)58(97)81-49(30(3)4)61(100)101)76-54(93)39(15-17-48(87)88)75-52(91)37(12-8-18-69-62(66)67)74-53(92)38(14-16-46(64)85)73-50(89)31(5)72-55(94)42(23-47(65)86)77-57(96)41(21-32-24-70-36-11-7-6-10-34(32)36)78-59(98)45-13-9-19-82(45)60(99)43(22-33-25-68-28-71-33)79-51(90)35(63)26-83/h6-7,10-11,24-25,28-31,35,37-45,49,70,83-84H,8-9,12-23,26-27,63H2,1-5H3,(H2,64,85)(H2,65,86)(H,68,71)(H,72,94)(H,73,89)(H,74,92)(H,75,91)(H,76,93)(H,77,96)(H,78,98)(H,79,90)(H,80,95)(H,81,97)(H,87,88)(H,100,101)(H4,66,67,69)/t31-,35-,37-,38-,39-,40-,41-,42-,43-,44-,45-,49-/m0/s1. The molecule has 1 aromatic carbocycles. The molecule has 3 heterocycles. The van der Waals surface area contributed by atoms with Gasteiger partial charge in [0, 0.05) is 67.8 Å². The smallest absolute Gasteiger partial charge is 0.326 e. The fourth-order valence-corrected chi connectivity index (χ4v) is 10.7. The Kier molecular flexibility index (Phi) is 32.9. The van der Waals surface area contributed by atoms with Crippen molar-refractivity contribution in [2.45, 2.75) is 184 Å². The first-order chi connectivity index (χ1) is 47.6. The largest absolute Gasteiger partial charge is 0.481 e. The monoisotopic (exact) mass is 1420 g/mol. The summed E-state index contributed by atoms with van der Waals surface area (Å²) in [4.78, 5) is 218. The normalized spacial score (nSPS) is 16.0. The Morgan fingerprint density at radius 1 is 0.604 bits per heavy atom. The van der Waals surface area contributed by atoms with Crippen molar-refractivity contribution in [1.82, 2.24) is 73.0 Å². The van der Waals surface area contributed by atoms with Gasteiger partial charge >= 0.3 is 11.9 Å². The van der Waals surface area contributed by atoms with Crippen LogP contribution in [0.1, 0.15) is 110 Å². The first-order valence-corrected chi connectivity index (χ1v) is 32.5. The molecule has 0 unspecified atom stereocenters. The van der Waals surface area contributed by atoms with Crippen LogP contribution in [0, 0.1) is 11.8 Å². The molecule has 1 aliphatic rings. The van der Waals surface area contributed by atoms with E-state index in [0.29, 0.717) is 28.6 Å². The summed E-state index contributed by atoms with van der Waals surface area (Å²) in [6.07, 6.45) is 0.443. The summed E-state index contributed by atoms with van der Waals surface area (Å²) < 4.78 is 0. The van der Waals surface area contributed by atoms with E-state index in [1.807, 2.05) is 0 Å². The number of hydrogen-bond donors (Lipinski definition) is 21. The molecule has 0 spiro atoms. The molecule has 39 nitrogen and oxygen atoms in total. The summed E-state index contributed by atoms with van der Waals surface area (Å²) in [6, 6.07) is -12.0. The number of aliphatic imine (C=N–C) groups is 1. The number of primary amides is 2. The minimum atomic E-state index is -1.87. The van der Waals surface area contributed by atoms with E-state index in [1.54, 1.807) is 44.3 Å². The minimum Gasteiger partial charge on any atom is -0.481 e. The van der Waals surface area contributed by atoms with Gasteiger partial charge in [-0.3, -0.25) is 72.1 Å². The van der Waals surface area contributed by atoms with Crippen LogP contribution in [0.4, 0.5) is 0 Å². The molecule has 1 fully saturated rings. The lowest BCUT2D eigenvalue weighted by Crippen LogP contribution is -2.61. The number of aromatic nitrogens is 3. The number of aliphatic carboxylic acids is 2. The van der Waals surface area contributed by atoms with E-state index in [0.717, 1.165) is 6.92 Å². The van der Waals surface area contributed by atoms with E-state index in [2.05, 4.69) is 73.1 Å². The zero-order chi connectivity index (χ0) is 75.4. The number of nitrogens with zero attached hydrogens (tertiary/aromatic N) is 3. The molecule has 3 aromatic rings. The third kappa shape index (κ3) is 26.7. The zero-order valence-electron chi connectivity index (χ0n) is 56.6. The van der Waals surface area contributed by atoms with Crippen LogP contribution in [0.3, 0.4) is 0 Å². The third-order valence-electron chi connectivity index (χ3n) is 16.0. The molecule has 0 saturated carbocycles. The van der Waals surface area contributed by atoms with Gasteiger partial charge in [0.15, 0.2) is 5.96 Å². The lowest BCUT2D eigenvalue weighted by Gasteiger charge is -2.30. The second kappa shape index (κ2) is 40.3. The molecule has 4 rings (SSSR count). The number of H-pyrrole nitrogens is 2. The van der Waals surface area contributed by atoms with Crippen molar-refractivity contribution in [1.29, 1.82) is 0 Å². The highest BCUT2D eigenvalue weighted by atomic mass is 16.4. The Balaban J connectivity index is 1.59. The highest BCUT2D eigenvalue weighted by molar-refractivity contribution is 6.01. The van der Waals surface area contributed by atoms with Gasteiger partial charge in [0.2, 0.25) is 76.8 Å². The van der Waals surface area contributed by atoms with Gasteiger partial charge in [-0.25, -0.2) is 9.78 Å². The summed E-state index contributed by atoms with van der Waals surface area (Å²) >= 11 is 0. The second-order valence-electron chi connectivity index (χ2n) is 25.0. The van der Waals surface area contributed by atoms with Crippen LogP contribution in [0.25, 0.3) is 10.9 Å². The van der Waals surface area contributed by atoms with Gasteiger partial charge in [0.1, 0.15) is 72.5 Å². The van der Waals surface area contributed by atoms with Crippen LogP contribution < -0.4 is 81.8 Å². The highest BCUT2D eigenvalue weighted by Gasteiger charge is 2.41. The Hall–Kier alpha value is -10.8. The number of aromatic amines is 2. The summed E-state index contributed by atoms with van der Waals surface area (Å²) in [5.74, 6) is -17.6. The number of amides is 13. The van der Waals surface area contributed by atoms with Gasteiger partial charge < -0.3 is 117 Å². The number of carbonyl (C=O) groups is 15. The molecule has 1 aliphatic heterocycles. The fraction of sp³-hybridized carbons (Fsp3) is 0.565. The van der Waals surface area contributed by atoms with Crippen LogP contribution >= 0.6 is 0 Å². The number of aliphatic hydroxyl groups is 2. The molecule has 0 bridgehead atoms. The summed E-state index contributed by atoms with van der Waals surface area (Å²) in [5.41, 5.74) is 29.3.